The molecule has 0 bridgehead atoms. The van der Waals surface area contributed by atoms with Crippen molar-refractivity contribution in [2.24, 2.45) is 7.05 Å². The van der Waals surface area contributed by atoms with Crippen LogP contribution in [-0.2, 0) is 19.6 Å². The molecule has 0 aliphatic carbocycles. The van der Waals surface area contributed by atoms with E-state index in [4.69, 9.17) is 0 Å². The largest absolute Gasteiger partial charge is 0.419 e. The Morgan fingerprint density at radius 1 is 1.58 bits per heavy atom. The Kier molecular flexibility index (Phi) is 2.12. The van der Waals surface area contributed by atoms with E-state index in [1.54, 1.807) is 0 Å². The molecule has 0 saturated heterocycles. The van der Waals surface area contributed by atoms with Crippen LogP contribution in [0.25, 0.3) is 0 Å². The molecular weight excluding hydrogens is 169 g/mol. The minimum Gasteiger partial charge on any atom is -0.275 e. The van der Waals surface area contributed by atoms with Gasteiger partial charge in [0.05, 0.1) is 11.3 Å². The molecule has 1 aromatic heterocycles. The van der Waals surface area contributed by atoms with E-state index in [0.717, 1.165) is 10.9 Å². The average Bonchev–Trinajstić information content (AvgIpc) is 2.29. The first-order valence-electron chi connectivity index (χ1n) is 3.34. The van der Waals surface area contributed by atoms with Crippen molar-refractivity contribution in [2.45, 2.75) is 12.6 Å². The lowest BCUT2D eigenvalue weighted by molar-refractivity contribution is -0.138. The van der Waals surface area contributed by atoms with Crippen molar-refractivity contribution in [3.8, 4) is 0 Å². The Hall–Kier alpha value is -1.00. The number of alkyl halides is 3. The van der Waals surface area contributed by atoms with Crippen molar-refractivity contribution >= 4 is 0 Å². The quantitative estimate of drug-likeness (QED) is 0.639. The van der Waals surface area contributed by atoms with Crippen LogP contribution in [0.1, 0.15) is 11.3 Å². The second-order valence-corrected chi connectivity index (χ2v) is 2.41. The zero-order valence-electron chi connectivity index (χ0n) is 6.52. The highest BCUT2D eigenvalue weighted by atomic mass is 19.4. The number of halogens is 3. The summed E-state index contributed by atoms with van der Waals surface area (Å²) in [7, 11) is 1.45. The van der Waals surface area contributed by atoms with E-state index in [2.05, 4.69) is 12.0 Å². The van der Waals surface area contributed by atoms with Crippen molar-refractivity contribution < 1.29 is 13.2 Å². The molecule has 1 rings (SSSR count). The van der Waals surface area contributed by atoms with Gasteiger partial charge in [-0.1, -0.05) is 0 Å². The normalized spacial score (nSPS) is 12.1. The summed E-state index contributed by atoms with van der Waals surface area (Å²) in [6.07, 6.45) is -3.31. The van der Waals surface area contributed by atoms with E-state index in [1.807, 2.05) is 0 Å². The average molecular weight is 177 g/mol. The van der Waals surface area contributed by atoms with Crippen LogP contribution in [0, 0.1) is 6.92 Å². The standard InChI is InChI=1S/C7H8F3N2/c1-3-6-5(7(8,9)10)4-12(2)11-6/h4H,1,3H2,2H3. The summed E-state index contributed by atoms with van der Waals surface area (Å²) < 4.78 is 37.6. The Morgan fingerprint density at radius 2 is 2.17 bits per heavy atom. The van der Waals surface area contributed by atoms with Crippen LogP contribution in [0.4, 0.5) is 13.2 Å². The SMILES string of the molecule is [CH2]Cc1nn(C)cc1C(F)(F)F. The molecule has 1 heterocycles. The first-order chi connectivity index (χ1) is 5.45. The summed E-state index contributed by atoms with van der Waals surface area (Å²) in [6.45, 7) is 3.37. The topological polar surface area (TPSA) is 17.8 Å². The van der Waals surface area contributed by atoms with Crippen molar-refractivity contribution in [2.75, 3.05) is 0 Å². The van der Waals surface area contributed by atoms with Gasteiger partial charge in [-0.15, -0.1) is 0 Å². The highest BCUT2D eigenvalue weighted by molar-refractivity contribution is 5.20. The molecule has 1 radical (unpaired) electrons. The number of rotatable bonds is 1. The minimum absolute atomic E-state index is 0.00926. The number of nitrogens with zero attached hydrogens (tertiary/aromatic N) is 2. The molecule has 0 N–H and O–H groups in total. The summed E-state index contributed by atoms with van der Waals surface area (Å²) in [4.78, 5) is 0. The van der Waals surface area contributed by atoms with E-state index in [0.29, 0.717) is 0 Å². The van der Waals surface area contributed by atoms with Gasteiger partial charge in [-0.3, -0.25) is 4.68 Å². The molecule has 0 atom stereocenters. The fourth-order valence-corrected chi connectivity index (χ4v) is 0.956. The van der Waals surface area contributed by atoms with E-state index in [1.165, 1.54) is 7.05 Å². The third-order valence-corrected chi connectivity index (χ3v) is 1.45. The molecule has 67 valence electrons. The van der Waals surface area contributed by atoms with E-state index >= 15 is 0 Å². The zero-order valence-corrected chi connectivity index (χ0v) is 6.52. The van der Waals surface area contributed by atoms with Gasteiger partial charge in [0.25, 0.3) is 0 Å². The van der Waals surface area contributed by atoms with Gasteiger partial charge in [0.15, 0.2) is 0 Å². The first kappa shape index (κ1) is 9.09. The van der Waals surface area contributed by atoms with Gasteiger partial charge in [0.2, 0.25) is 0 Å². The summed E-state index contributed by atoms with van der Waals surface area (Å²) >= 11 is 0. The highest BCUT2D eigenvalue weighted by Crippen LogP contribution is 2.31. The molecule has 5 heteroatoms. The predicted molar refractivity (Wildman–Crippen MR) is 37.3 cm³/mol. The first-order valence-corrected chi connectivity index (χ1v) is 3.34. The van der Waals surface area contributed by atoms with Crippen LogP contribution in [0.5, 0.6) is 0 Å². The van der Waals surface area contributed by atoms with E-state index in [-0.39, 0.29) is 12.1 Å². The number of hydrogen-bond donors (Lipinski definition) is 0. The predicted octanol–water partition coefficient (Wildman–Crippen LogP) is 1.82. The Balaban J connectivity index is 3.13. The molecule has 12 heavy (non-hydrogen) atoms. The van der Waals surface area contributed by atoms with Crippen LogP contribution in [0.3, 0.4) is 0 Å². The molecule has 0 aromatic carbocycles. The summed E-state index contributed by atoms with van der Waals surface area (Å²) in [6, 6.07) is 0. The fraction of sp³-hybridized carbons (Fsp3) is 0.429. The number of aryl methyl sites for hydroxylation is 1. The minimum atomic E-state index is -4.32. The van der Waals surface area contributed by atoms with Gasteiger partial charge in [-0.25, -0.2) is 0 Å². The van der Waals surface area contributed by atoms with Crippen LogP contribution in [0.2, 0.25) is 0 Å². The van der Waals surface area contributed by atoms with Gasteiger partial charge < -0.3 is 0 Å². The summed E-state index contributed by atoms with van der Waals surface area (Å²) in [5.41, 5.74) is -0.704. The molecule has 0 fully saturated rings. The van der Waals surface area contributed by atoms with Crippen molar-refractivity contribution in [3.05, 3.63) is 24.4 Å². The second kappa shape index (κ2) is 2.80. The van der Waals surface area contributed by atoms with Gasteiger partial charge in [-0.05, 0) is 13.3 Å². The Labute approximate surface area is 68.0 Å². The van der Waals surface area contributed by atoms with Gasteiger partial charge >= 0.3 is 6.18 Å². The van der Waals surface area contributed by atoms with Crippen molar-refractivity contribution in [1.82, 2.24) is 9.78 Å². The lowest BCUT2D eigenvalue weighted by Gasteiger charge is -2.03. The molecule has 0 unspecified atom stereocenters. The third-order valence-electron chi connectivity index (χ3n) is 1.45. The molecule has 1 aromatic rings. The monoisotopic (exact) mass is 177 g/mol. The van der Waals surface area contributed by atoms with Crippen LogP contribution < -0.4 is 0 Å². The Bertz CT molecular complexity index is 275. The summed E-state index contributed by atoms with van der Waals surface area (Å²) in [5, 5.41) is 3.63. The Morgan fingerprint density at radius 3 is 2.50 bits per heavy atom. The van der Waals surface area contributed by atoms with E-state index in [9.17, 15) is 13.2 Å². The van der Waals surface area contributed by atoms with Crippen LogP contribution >= 0.6 is 0 Å². The maximum Gasteiger partial charge on any atom is 0.419 e. The fourth-order valence-electron chi connectivity index (χ4n) is 0.956. The molecule has 2 nitrogen and oxygen atoms in total. The molecular formula is C7H8F3N2. The maximum atomic E-state index is 12.2. The number of hydrogen-bond acceptors (Lipinski definition) is 1. The molecule has 0 spiro atoms. The number of aromatic nitrogens is 2. The van der Waals surface area contributed by atoms with E-state index < -0.39 is 11.7 Å². The molecule has 0 aliphatic heterocycles. The smallest absolute Gasteiger partial charge is 0.275 e. The third kappa shape index (κ3) is 1.60. The summed E-state index contributed by atoms with van der Waals surface area (Å²) in [5.74, 6) is 0. The molecule has 0 saturated carbocycles. The van der Waals surface area contributed by atoms with Crippen LogP contribution in [-0.4, -0.2) is 9.78 Å². The molecule has 0 aliphatic rings. The maximum absolute atomic E-state index is 12.2. The lowest BCUT2D eigenvalue weighted by atomic mass is 10.2. The van der Waals surface area contributed by atoms with Crippen LogP contribution in [0.15, 0.2) is 6.20 Å². The van der Waals surface area contributed by atoms with Crippen molar-refractivity contribution in [3.63, 3.8) is 0 Å². The lowest BCUT2D eigenvalue weighted by Crippen LogP contribution is -2.06. The van der Waals surface area contributed by atoms with Gasteiger partial charge in [0, 0.05) is 13.2 Å². The zero-order chi connectivity index (χ0) is 9.35. The highest BCUT2D eigenvalue weighted by Gasteiger charge is 2.34. The second-order valence-electron chi connectivity index (χ2n) is 2.41. The van der Waals surface area contributed by atoms with Gasteiger partial charge in [-0.2, -0.15) is 18.3 Å². The molecule has 0 amide bonds. The van der Waals surface area contributed by atoms with Crippen molar-refractivity contribution in [1.29, 1.82) is 0 Å². The van der Waals surface area contributed by atoms with Gasteiger partial charge in [0.1, 0.15) is 0 Å².